The maximum absolute atomic E-state index is 3.34. The van der Waals surface area contributed by atoms with Crippen LogP contribution in [-0.2, 0) is 6.42 Å². The van der Waals surface area contributed by atoms with Gasteiger partial charge in [0.25, 0.3) is 0 Å². The lowest BCUT2D eigenvalue weighted by molar-refractivity contribution is 0.764. The monoisotopic (exact) mass is 305 g/mol. The quantitative estimate of drug-likeness (QED) is 0.789. The Balaban J connectivity index is 0.000000924. The van der Waals surface area contributed by atoms with Gasteiger partial charge in [0.05, 0.1) is 0 Å². The summed E-state index contributed by atoms with van der Waals surface area (Å²) >= 11 is 0. The molecule has 0 saturated heterocycles. The van der Waals surface area contributed by atoms with Gasteiger partial charge in [-0.3, -0.25) is 0 Å². The highest BCUT2D eigenvalue weighted by molar-refractivity contribution is 5.74. The van der Waals surface area contributed by atoms with E-state index in [0.29, 0.717) is 6.04 Å². The molecule has 1 aliphatic rings. The summed E-state index contributed by atoms with van der Waals surface area (Å²) in [7, 11) is 0. The standard InChI is InChI=1S/C20H21N.C2H6/c1-15-3-6-17(7-4-15)13-18-8-11-19(12-9-18)20-10-5-16(2)21-14-20;1-2/h3-12,14,16,21H,13H2,1-2H3;1-2H3. The van der Waals surface area contributed by atoms with E-state index in [2.05, 4.69) is 86.0 Å². The number of benzene rings is 2. The Morgan fingerprint density at radius 3 is 1.96 bits per heavy atom. The van der Waals surface area contributed by atoms with Crippen LogP contribution in [0, 0.1) is 6.92 Å². The lowest BCUT2D eigenvalue weighted by Crippen LogP contribution is -2.20. The Morgan fingerprint density at radius 2 is 1.43 bits per heavy atom. The molecule has 0 bridgehead atoms. The molecule has 0 aliphatic carbocycles. The first kappa shape index (κ1) is 17.1. The fourth-order valence-electron chi connectivity index (χ4n) is 2.51. The minimum Gasteiger partial charge on any atom is -0.384 e. The van der Waals surface area contributed by atoms with E-state index in [-0.39, 0.29) is 0 Å². The average molecular weight is 305 g/mol. The zero-order chi connectivity index (χ0) is 16.7. The van der Waals surface area contributed by atoms with Crippen molar-refractivity contribution >= 4 is 5.57 Å². The molecule has 1 heteroatoms. The summed E-state index contributed by atoms with van der Waals surface area (Å²) in [5.74, 6) is 0. The first-order valence-electron chi connectivity index (χ1n) is 8.50. The summed E-state index contributed by atoms with van der Waals surface area (Å²) in [6.07, 6.45) is 7.47. The Bertz CT molecular complexity index is 660. The minimum atomic E-state index is 0.426. The predicted octanol–water partition coefficient (Wildman–Crippen LogP) is 5.50. The van der Waals surface area contributed by atoms with Crippen molar-refractivity contribution in [1.29, 1.82) is 0 Å². The van der Waals surface area contributed by atoms with Gasteiger partial charge in [-0.05, 0) is 42.5 Å². The van der Waals surface area contributed by atoms with Gasteiger partial charge in [-0.1, -0.05) is 80.1 Å². The number of dihydropyridines is 1. The molecule has 1 heterocycles. The zero-order valence-corrected chi connectivity index (χ0v) is 14.6. The van der Waals surface area contributed by atoms with Crippen molar-refractivity contribution < 1.29 is 0 Å². The molecular formula is C22H27N. The number of rotatable bonds is 3. The molecule has 2 aromatic rings. The molecular weight excluding hydrogens is 278 g/mol. The Labute approximate surface area is 140 Å². The van der Waals surface area contributed by atoms with Gasteiger partial charge in [0, 0.05) is 12.2 Å². The van der Waals surface area contributed by atoms with E-state index >= 15 is 0 Å². The molecule has 1 N–H and O–H groups in total. The van der Waals surface area contributed by atoms with E-state index in [1.807, 2.05) is 13.8 Å². The van der Waals surface area contributed by atoms with Crippen LogP contribution in [0.1, 0.15) is 43.0 Å². The third kappa shape index (κ3) is 4.85. The number of aryl methyl sites for hydroxylation is 1. The highest BCUT2D eigenvalue weighted by Crippen LogP contribution is 2.20. The smallest absolute Gasteiger partial charge is 0.0414 e. The highest BCUT2D eigenvalue weighted by atomic mass is 14.9. The summed E-state index contributed by atoms with van der Waals surface area (Å²) in [5, 5.41) is 3.34. The number of hydrogen-bond acceptors (Lipinski definition) is 1. The van der Waals surface area contributed by atoms with Crippen molar-refractivity contribution in [1.82, 2.24) is 5.32 Å². The van der Waals surface area contributed by atoms with Crippen LogP contribution in [0.2, 0.25) is 0 Å². The lowest BCUT2D eigenvalue weighted by atomic mass is 9.99. The zero-order valence-electron chi connectivity index (χ0n) is 14.6. The van der Waals surface area contributed by atoms with Gasteiger partial charge < -0.3 is 5.32 Å². The van der Waals surface area contributed by atoms with Crippen LogP contribution in [0.4, 0.5) is 0 Å². The van der Waals surface area contributed by atoms with Gasteiger partial charge >= 0.3 is 0 Å². The van der Waals surface area contributed by atoms with Gasteiger partial charge in [-0.25, -0.2) is 0 Å². The Hall–Kier alpha value is -2.28. The van der Waals surface area contributed by atoms with E-state index in [0.717, 1.165) is 6.42 Å². The van der Waals surface area contributed by atoms with Crippen molar-refractivity contribution in [2.75, 3.05) is 0 Å². The maximum Gasteiger partial charge on any atom is 0.0414 e. The van der Waals surface area contributed by atoms with E-state index < -0.39 is 0 Å². The van der Waals surface area contributed by atoms with Crippen LogP contribution in [0.25, 0.3) is 5.57 Å². The van der Waals surface area contributed by atoms with Gasteiger partial charge in [-0.15, -0.1) is 0 Å². The maximum atomic E-state index is 3.34. The molecule has 0 radical (unpaired) electrons. The van der Waals surface area contributed by atoms with Gasteiger partial charge in [0.2, 0.25) is 0 Å². The van der Waals surface area contributed by atoms with Crippen LogP contribution in [0.5, 0.6) is 0 Å². The van der Waals surface area contributed by atoms with Crippen molar-refractivity contribution in [2.24, 2.45) is 0 Å². The van der Waals surface area contributed by atoms with Crippen molar-refractivity contribution in [3.8, 4) is 0 Å². The second-order valence-electron chi connectivity index (χ2n) is 5.77. The molecule has 1 unspecified atom stereocenters. The van der Waals surface area contributed by atoms with E-state index in [1.165, 1.54) is 27.8 Å². The summed E-state index contributed by atoms with van der Waals surface area (Å²) in [4.78, 5) is 0. The molecule has 3 rings (SSSR count). The molecule has 1 aliphatic heterocycles. The second-order valence-corrected chi connectivity index (χ2v) is 5.77. The fraction of sp³-hybridized carbons (Fsp3) is 0.273. The van der Waals surface area contributed by atoms with Crippen LogP contribution < -0.4 is 5.32 Å². The first-order chi connectivity index (χ1) is 11.2. The van der Waals surface area contributed by atoms with Gasteiger partial charge in [0.1, 0.15) is 0 Å². The van der Waals surface area contributed by atoms with Crippen LogP contribution in [0.3, 0.4) is 0 Å². The van der Waals surface area contributed by atoms with E-state index in [4.69, 9.17) is 0 Å². The lowest BCUT2D eigenvalue weighted by Gasteiger charge is -2.15. The minimum absolute atomic E-state index is 0.426. The number of nitrogens with one attached hydrogen (secondary N) is 1. The SMILES string of the molecule is CC.Cc1ccc(Cc2ccc(C3=CNC(C)C=C3)cc2)cc1. The number of hydrogen-bond donors (Lipinski definition) is 1. The van der Waals surface area contributed by atoms with Crippen molar-refractivity contribution in [2.45, 2.75) is 40.2 Å². The molecule has 0 spiro atoms. The van der Waals surface area contributed by atoms with Crippen LogP contribution >= 0.6 is 0 Å². The van der Waals surface area contributed by atoms with Crippen molar-refractivity contribution in [3.05, 3.63) is 89.1 Å². The van der Waals surface area contributed by atoms with Gasteiger partial charge in [0.15, 0.2) is 0 Å². The average Bonchev–Trinajstić information content (AvgIpc) is 2.60. The Morgan fingerprint density at radius 1 is 0.870 bits per heavy atom. The van der Waals surface area contributed by atoms with Gasteiger partial charge in [-0.2, -0.15) is 0 Å². The molecule has 0 aromatic heterocycles. The molecule has 120 valence electrons. The van der Waals surface area contributed by atoms with E-state index in [1.54, 1.807) is 0 Å². The molecule has 1 atom stereocenters. The Kier molecular flexibility index (Phi) is 6.22. The summed E-state index contributed by atoms with van der Waals surface area (Å²) in [5.41, 5.74) is 6.53. The first-order valence-corrected chi connectivity index (χ1v) is 8.50. The number of allylic oxidation sites excluding steroid dienone is 2. The molecule has 2 aromatic carbocycles. The topological polar surface area (TPSA) is 12.0 Å². The third-order valence-electron chi connectivity index (χ3n) is 3.88. The molecule has 0 saturated carbocycles. The van der Waals surface area contributed by atoms with Crippen molar-refractivity contribution in [3.63, 3.8) is 0 Å². The van der Waals surface area contributed by atoms with Crippen LogP contribution in [-0.4, -0.2) is 6.04 Å². The fourth-order valence-corrected chi connectivity index (χ4v) is 2.51. The molecule has 0 fully saturated rings. The summed E-state index contributed by atoms with van der Waals surface area (Å²) in [6.45, 7) is 8.27. The molecule has 23 heavy (non-hydrogen) atoms. The highest BCUT2D eigenvalue weighted by Gasteiger charge is 2.05. The summed E-state index contributed by atoms with van der Waals surface area (Å²) < 4.78 is 0. The summed E-state index contributed by atoms with van der Waals surface area (Å²) in [6, 6.07) is 18.1. The van der Waals surface area contributed by atoms with Crippen LogP contribution in [0.15, 0.2) is 66.9 Å². The second kappa shape index (κ2) is 8.38. The molecule has 1 nitrogen and oxygen atoms in total. The molecule has 0 amide bonds. The largest absolute Gasteiger partial charge is 0.384 e. The third-order valence-corrected chi connectivity index (χ3v) is 3.88. The van der Waals surface area contributed by atoms with E-state index in [9.17, 15) is 0 Å². The normalized spacial score (nSPS) is 16.0. The predicted molar refractivity (Wildman–Crippen MR) is 101 cm³/mol.